The van der Waals surface area contributed by atoms with Crippen LogP contribution in [-0.4, -0.2) is 16.8 Å². The number of para-hydroxylation sites is 1. The fourth-order valence-corrected chi connectivity index (χ4v) is 3.08. The lowest BCUT2D eigenvalue weighted by molar-refractivity contribution is 0.0948. The highest BCUT2D eigenvalue weighted by Gasteiger charge is 2.14. The lowest BCUT2D eigenvalue weighted by atomic mass is 9.98. The van der Waals surface area contributed by atoms with E-state index in [1.54, 1.807) is 30.5 Å². The third-order valence-corrected chi connectivity index (χ3v) is 4.73. The van der Waals surface area contributed by atoms with E-state index in [0.29, 0.717) is 23.6 Å². The molecule has 0 aliphatic heterocycles. The topological polar surface area (TPSA) is 71.1 Å². The second-order valence-corrected chi connectivity index (χ2v) is 7.23. The molecule has 1 heterocycles. The Morgan fingerprint density at radius 1 is 0.897 bits per heavy atom. The number of nitrogens with zero attached hydrogens (tertiary/aromatic N) is 1. The first-order valence-electron chi connectivity index (χ1n) is 9.64. The molecule has 148 valence electrons. The van der Waals surface area contributed by atoms with Crippen LogP contribution in [0.3, 0.4) is 0 Å². The van der Waals surface area contributed by atoms with Crippen molar-refractivity contribution < 1.29 is 9.59 Å². The molecule has 1 aromatic heterocycles. The molecule has 0 spiro atoms. The van der Waals surface area contributed by atoms with Crippen molar-refractivity contribution in [3.63, 3.8) is 0 Å². The zero-order chi connectivity index (χ0) is 20.8. The molecule has 0 fully saturated rings. The number of carbonyl (C=O) groups excluding carboxylic acids is 2. The minimum absolute atomic E-state index is 0.193. The van der Waals surface area contributed by atoms with E-state index in [9.17, 15) is 9.59 Å². The van der Waals surface area contributed by atoms with Gasteiger partial charge in [0.25, 0.3) is 11.8 Å². The van der Waals surface area contributed by atoms with Gasteiger partial charge in [0.15, 0.2) is 0 Å². The molecule has 0 saturated heterocycles. The molecular formula is C24H25N3O2. The van der Waals surface area contributed by atoms with Crippen molar-refractivity contribution in [2.75, 3.05) is 5.32 Å². The first kappa shape index (κ1) is 20.3. The third-order valence-electron chi connectivity index (χ3n) is 4.73. The number of nitrogens with one attached hydrogen (secondary N) is 2. The van der Waals surface area contributed by atoms with Gasteiger partial charge < -0.3 is 10.6 Å². The fraction of sp³-hybridized carbons (Fsp3) is 0.208. The Bertz CT molecular complexity index is 996. The van der Waals surface area contributed by atoms with Crippen LogP contribution in [0.1, 0.15) is 57.3 Å². The molecule has 0 bridgehead atoms. The SMILES string of the molecule is Cc1cccc(C(C)C)c1NC(=O)c1ccc(C(=O)NCc2ccccn2)cc1. The Balaban J connectivity index is 1.67. The Kier molecular flexibility index (Phi) is 6.39. The van der Waals surface area contributed by atoms with Crippen molar-refractivity contribution >= 4 is 17.5 Å². The van der Waals surface area contributed by atoms with Crippen LogP contribution in [0.15, 0.2) is 66.9 Å². The third kappa shape index (κ3) is 5.08. The van der Waals surface area contributed by atoms with Crippen molar-refractivity contribution in [3.05, 3.63) is 94.8 Å². The number of pyridine rings is 1. The van der Waals surface area contributed by atoms with Gasteiger partial charge in [0.2, 0.25) is 0 Å². The van der Waals surface area contributed by atoms with Crippen LogP contribution in [0.4, 0.5) is 5.69 Å². The standard InChI is InChI=1S/C24H25N3O2/c1-16(2)21-9-6-7-17(3)22(21)27-24(29)19-12-10-18(11-13-19)23(28)26-15-20-8-4-5-14-25-20/h4-14,16H,15H2,1-3H3,(H,26,28)(H,27,29). The molecule has 3 rings (SSSR count). The van der Waals surface area contributed by atoms with Gasteiger partial charge in [-0.25, -0.2) is 0 Å². The van der Waals surface area contributed by atoms with Crippen LogP contribution in [0, 0.1) is 6.92 Å². The minimum atomic E-state index is -0.205. The van der Waals surface area contributed by atoms with Gasteiger partial charge in [-0.1, -0.05) is 38.1 Å². The molecule has 0 unspecified atom stereocenters. The zero-order valence-corrected chi connectivity index (χ0v) is 16.9. The van der Waals surface area contributed by atoms with Crippen molar-refractivity contribution in [1.29, 1.82) is 0 Å². The lowest BCUT2D eigenvalue weighted by Crippen LogP contribution is -2.23. The summed E-state index contributed by atoms with van der Waals surface area (Å²) in [6.45, 7) is 6.54. The summed E-state index contributed by atoms with van der Waals surface area (Å²) in [4.78, 5) is 29.2. The number of anilines is 1. The molecule has 5 nitrogen and oxygen atoms in total. The van der Waals surface area contributed by atoms with Crippen LogP contribution in [0.2, 0.25) is 0 Å². The van der Waals surface area contributed by atoms with E-state index >= 15 is 0 Å². The largest absolute Gasteiger partial charge is 0.346 e. The maximum Gasteiger partial charge on any atom is 0.255 e. The van der Waals surface area contributed by atoms with Crippen molar-refractivity contribution in [2.24, 2.45) is 0 Å². The van der Waals surface area contributed by atoms with Gasteiger partial charge in [0, 0.05) is 23.0 Å². The Morgan fingerprint density at radius 2 is 1.59 bits per heavy atom. The molecule has 0 aliphatic carbocycles. The molecular weight excluding hydrogens is 362 g/mol. The van der Waals surface area contributed by atoms with Gasteiger partial charge in [0.05, 0.1) is 12.2 Å². The van der Waals surface area contributed by atoms with Crippen molar-refractivity contribution in [2.45, 2.75) is 33.2 Å². The van der Waals surface area contributed by atoms with Gasteiger partial charge >= 0.3 is 0 Å². The van der Waals surface area contributed by atoms with Crippen LogP contribution >= 0.6 is 0 Å². The van der Waals surface area contributed by atoms with E-state index in [1.807, 2.05) is 43.3 Å². The molecule has 2 amide bonds. The second kappa shape index (κ2) is 9.15. The number of benzene rings is 2. The summed E-state index contributed by atoms with van der Waals surface area (Å²) in [5, 5.41) is 5.85. The van der Waals surface area contributed by atoms with E-state index in [0.717, 1.165) is 22.5 Å². The minimum Gasteiger partial charge on any atom is -0.346 e. The highest BCUT2D eigenvalue weighted by molar-refractivity contribution is 6.05. The summed E-state index contributed by atoms with van der Waals surface area (Å²) >= 11 is 0. The highest BCUT2D eigenvalue weighted by Crippen LogP contribution is 2.27. The Hall–Kier alpha value is -3.47. The highest BCUT2D eigenvalue weighted by atomic mass is 16.2. The molecule has 2 aromatic carbocycles. The number of hydrogen-bond acceptors (Lipinski definition) is 3. The van der Waals surface area contributed by atoms with Gasteiger partial charge in [0.1, 0.15) is 0 Å². The smallest absolute Gasteiger partial charge is 0.255 e. The summed E-state index contributed by atoms with van der Waals surface area (Å²) in [6, 6.07) is 18.2. The second-order valence-electron chi connectivity index (χ2n) is 7.23. The maximum atomic E-state index is 12.7. The molecule has 0 saturated carbocycles. The number of aryl methyl sites for hydroxylation is 1. The van der Waals surface area contributed by atoms with Crippen LogP contribution in [0.5, 0.6) is 0 Å². The zero-order valence-electron chi connectivity index (χ0n) is 16.9. The number of amides is 2. The quantitative estimate of drug-likeness (QED) is 0.644. The normalized spacial score (nSPS) is 10.6. The van der Waals surface area contributed by atoms with E-state index < -0.39 is 0 Å². The summed E-state index contributed by atoms with van der Waals surface area (Å²) in [6.07, 6.45) is 1.69. The first-order valence-corrected chi connectivity index (χ1v) is 9.64. The van der Waals surface area contributed by atoms with Crippen molar-refractivity contribution in [3.8, 4) is 0 Å². The summed E-state index contributed by atoms with van der Waals surface area (Å²) in [7, 11) is 0. The summed E-state index contributed by atoms with van der Waals surface area (Å²) < 4.78 is 0. The molecule has 29 heavy (non-hydrogen) atoms. The predicted molar refractivity (Wildman–Crippen MR) is 115 cm³/mol. The molecule has 0 radical (unpaired) electrons. The fourth-order valence-electron chi connectivity index (χ4n) is 3.08. The van der Waals surface area contributed by atoms with Crippen LogP contribution in [0.25, 0.3) is 0 Å². The van der Waals surface area contributed by atoms with E-state index in [-0.39, 0.29) is 11.8 Å². The molecule has 5 heteroatoms. The number of rotatable bonds is 6. The Labute approximate surface area is 171 Å². The van der Waals surface area contributed by atoms with Gasteiger partial charge in [-0.3, -0.25) is 14.6 Å². The number of hydrogen-bond donors (Lipinski definition) is 2. The van der Waals surface area contributed by atoms with Gasteiger partial charge in [-0.15, -0.1) is 0 Å². The van der Waals surface area contributed by atoms with Crippen LogP contribution < -0.4 is 10.6 Å². The number of carbonyl (C=O) groups is 2. The summed E-state index contributed by atoms with van der Waals surface area (Å²) in [5.74, 6) is -0.0966. The maximum absolute atomic E-state index is 12.7. The van der Waals surface area contributed by atoms with E-state index in [1.165, 1.54) is 0 Å². The van der Waals surface area contributed by atoms with E-state index in [2.05, 4.69) is 29.5 Å². The van der Waals surface area contributed by atoms with E-state index in [4.69, 9.17) is 0 Å². The van der Waals surface area contributed by atoms with Gasteiger partial charge in [-0.05, 0) is 60.4 Å². The Morgan fingerprint density at radius 3 is 2.21 bits per heavy atom. The molecule has 0 aliphatic rings. The van der Waals surface area contributed by atoms with Gasteiger partial charge in [-0.2, -0.15) is 0 Å². The molecule has 0 atom stereocenters. The monoisotopic (exact) mass is 387 g/mol. The average molecular weight is 387 g/mol. The lowest BCUT2D eigenvalue weighted by Gasteiger charge is -2.16. The van der Waals surface area contributed by atoms with Crippen molar-refractivity contribution in [1.82, 2.24) is 10.3 Å². The molecule has 3 aromatic rings. The number of aromatic nitrogens is 1. The summed E-state index contributed by atoms with van der Waals surface area (Å²) in [5.41, 5.74) is 4.76. The van der Waals surface area contributed by atoms with Crippen LogP contribution in [-0.2, 0) is 6.54 Å². The molecule has 2 N–H and O–H groups in total. The average Bonchev–Trinajstić information content (AvgIpc) is 2.74. The predicted octanol–water partition coefficient (Wildman–Crippen LogP) is 4.70. The first-order chi connectivity index (χ1) is 14.0.